The molecule has 90 valence electrons. The van der Waals surface area contributed by atoms with Gasteiger partial charge in [-0.2, -0.15) is 0 Å². The molecule has 0 aromatic heterocycles. The van der Waals surface area contributed by atoms with Crippen molar-refractivity contribution in [1.29, 1.82) is 0 Å². The third-order valence-corrected chi connectivity index (χ3v) is 2.45. The molecule has 0 radical (unpaired) electrons. The largest absolute Gasteiger partial charge is 0.330 e. The van der Waals surface area contributed by atoms with Crippen LogP contribution in [0.1, 0.15) is 31.4 Å². The van der Waals surface area contributed by atoms with Gasteiger partial charge in [-0.15, -0.1) is 0 Å². The van der Waals surface area contributed by atoms with Gasteiger partial charge in [0.25, 0.3) is 5.92 Å². The Morgan fingerprint density at radius 3 is 2.56 bits per heavy atom. The third kappa shape index (κ3) is 3.56. The standard InChI is InChI=1S/C13H19F2N/c1-10(2)9-13(14,15)12-5-3-4-11(8-12)6-7-16/h3-5,8,10H,6-7,9,16H2,1-2H3. The summed E-state index contributed by atoms with van der Waals surface area (Å²) in [5.74, 6) is -2.76. The van der Waals surface area contributed by atoms with Crippen molar-refractivity contribution in [1.82, 2.24) is 0 Å². The molecule has 0 aliphatic carbocycles. The van der Waals surface area contributed by atoms with E-state index >= 15 is 0 Å². The number of nitrogens with two attached hydrogens (primary N) is 1. The Morgan fingerprint density at radius 2 is 2.00 bits per heavy atom. The van der Waals surface area contributed by atoms with Crippen molar-refractivity contribution < 1.29 is 8.78 Å². The molecule has 1 aromatic carbocycles. The summed E-state index contributed by atoms with van der Waals surface area (Å²) in [7, 11) is 0. The Balaban J connectivity index is 2.89. The van der Waals surface area contributed by atoms with Crippen LogP contribution >= 0.6 is 0 Å². The highest BCUT2D eigenvalue weighted by molar-refractivity contribution is 5.27. The van der Waals surface area contributed by atoms with Crippen LogP contribution in [0.25, 0.3) is 0 Å². The van der Waals surface area contributed by atoms with E-state index in [0.29, 0.717) is 13.0 Å². The second-order valence-electron chi connectivity index (χ2n) is 4.54. The molecular formula is C13H19F2N. The Hall–Kier alpha value is -0.960. The van der Waals surface area contributed by atoms with Crippen molar-refractivity contribution >= 4 is 0 Å². The lowest BCUT2D eigenvalue weighted by molar-refractivity contribution is -0.0249. The first kappa shape index (κ1) is 13.1. The molecule has 1 aromatic rings. The van der Waals surface area contributed by atoms with Crippen LogP contribution in [0, 0.1) is 5.92 Å². The van der Waals surface area contributed by atoms with E-state index in [-0.39, 0.29) is 17.9 Å². The summed E-state index contributed by atoms with van der Waals surface area (Å²) in [6.07, 6.45) is 0.532. The monoisotopic (exact) mass is 227 g/mol. The lowest BCUT2D eigenvalue weighted by Gasteiger charge is -2.19. The first-order valence-electron chi connectivity index (χ1n) is 5.63. The van der Waals surface area contributed by atoms with Crippen molar-refractivity contribution in [3.05, 3.63) is 35.4 Å². The van der Waals surface area contributed by atoms with Gasteiger partial charge in [0.2, 0.25) is 0 Å². The van der Waals surface area contributed by atoms with Gasteiger partial charge in [0.15, 0.2) is 0 Å². The minimum absolute atomic E-state index is 0.0202. The fourth-order valence-corrected chi connectivity index (χ4v) is 1.75. The Morgan fingerprint density at radius 1 is 1.31 bits per heavy atom. The Bertz CT molecular complexity index is 334. The summed E-state index contributed by atoms with van der Waals surface area (Å²) in [5.41, 5.74) is 6.39. The van der Waals surface area contributed by atoms with E-state index in [1.54, 1.807) is 26.0 Å². The van der Waals surface area contributed by atoms with E-state index in [9.17, 15) is 8.78 Å². The summed E-state index contributed by atoms with van der Waals surface area (Å²) < 4.78 is 27.6. The zero-order chi connectivity index (χ0) is 12.2. The van der Waals surface area contributed by atoms with Gasteiger partial charge in [-0.25, -0.2) is 8.78 Å². The number of hydrogen-bond donors (Lipinski definition) is 1. The quantitative estimate of drug-likeness (QED) is 0.820. The Kier molecular flexibility index (Phi) is 4.42. The maximum atomic E-state index is 13.8. The summed E-state index contributed by atoms with van der Waals surface area (Å²) in [5, 5.41) is 0. The van der Waals surface area contributed by atoms with Gasteiger partial charge < -0.3 is 5.73 Å². The fraction of sp³-hybridized carbons (Fsp3) is 0.538. The van der Waals surface area contributed by atoms with Crippen LogP contribution in [0.2, 0.25) is 0 Å². The van der Waals surface area contributed by atoms with Crippen LogP contribution < -0.4 is 5.73 Å². The third-order valence-electron chi connectivity index (χ3n) is 2.45. The van der Waals surface area contributed by atoms with Crippen molar-refractivity contribution in [2.75, 3.05) is 6.54 Å². The number of hydrogen-bond acceptors (Lipinski definition) is 1. The second kappa shape index (κ2) is 5.39. The molecule has 0 heterocycles. The number of benzene rings is 1. The smallest absolute Gasteiger partial charge is 0.273 e. The Labute approximate surface area is 95.7 Å². The van der Waals surface area contributed by atoms with E-state index in [2.05, 4.69) is 0 Å². The molecule has 0 aliphatic heterocycles. The predicted octanol–water partition coefficient (Wildman–Crippen LogP) is 3.33. The minimum Gasteiger partial charge on any atom is -0.330 e. The molecule has 3 heteroatoms. The molecule has 16 heavy (non-hydrogen) atoms. The average molecular weight is 227 g/mol. The summed E-state index contributed by atoms with van der Waals surface area (Å²) in [6.45, 7) is 4.09. The second-order valence-corrected chi connectivity index (χ2v) is 4.54. The molecule has 2 N–H and O–H groups in total. The van der Waals surface area contributed by atoms with Gasteiger partial charge in [0.1, 0.15) is 0 Å². The molecule has 0 saturated carbocycles. The highest BCUT2D eigenvalue weighted by Crippen LogP contribution is 2.34. The zero-order valence-corrected chi connectivity index (χ0v) is 9.84. The number of alkyl halides is 2. The topological polar surface area (TPSA) is 26.0 Å². The van der Waals surface area contributed by atoms with Crippen LogP contribution in [0.15, 0.2) is 24.3 Å². The van der Waals surface area contributed by atoms with Crippen molar-refractivity contribution in [3.8, 4) is 0 Å². The van der Waals surface area contributed by atoms with Crippen LogP contribution in [-0.2, 0) is 12.3 Å². The van der Waals surface area contributed by atoms with Gasteiger partial charge in [-0.3, -0.25) is 0 Å². The van der Waals surface area contributed by atoms with Crippen molar-refractivity contribution in [2.24, 2.45) is 11.7 Å². The molecule has 1 nitrogen and oxygen atoms in total. The molecular weight excluding hydrogens is 208 g/mol. The first-order chi connectivity index (χ1) is 7.45. The highest BCUT2D eigenvalue weighted by atomic mass is 19.3. The van der Waals surface area contributed by atoms with E-state index in [1.807, 2.05) is 6.07 Å². The molecule has 0 bridgehead atoms. The highest BCUT2D eigenvalue weighted by Gasteiger charge is 2.32. The number of rotatable bonds is 5. The maximum Gasteiger partial charge on any atom is 0.273 e. The van der Waals surface area contributed by atoms with Gasteiger partial charge in [0.05, 0.1) is 0 Å². The molecule has 0 atom stereocenters. The lowest BCUT2D eigenvalue weighted by Crippen LogP contribution is -2.16. The number of halogens is 2. The zero-order valence-electron chi connectivity index (χ0n) is 9.84. The normalized spacial score (nSPS) is 12.1. The molecule has 0 amide bonds. The van der Waals surface area contributed by atoms with Gasteiger partial charge in [0, 0.05) is 12.0 Å². The average Bonchev–Trinajstić information content (AvgIpc) is 2.16. The van der Waals surface area contributed by atoms with E-state index in [0.717, 1.165) is 5.56 Å². The van der Waals surface area contributed by atoms with Crippen LogP contribution in [0.5, 0.6) is 0 Å². The van der Waals surface area contributed by atoms with E-state index < -0.39 is 5.92 Å². The van der Waals surface area contributed by atoms with Crippen molar-refractivity contribution in [3.63, 3.8) is 0 Å². The summed E-state index contributed by atoms with van der Waals surface area (Å²) >= 11 is 0. The molecule has 0 unspecified atom stereocenters. The first-order valence-corrected chi connectivity index (χ1v) is 5.63. The van der Waals surface area contributed by atoms with Crippen molar-refractivity contribution in [2.45, 2.75) is 32.6 Å². The maximum absolute atomic E-state index is 13.8. The van der Waals surface area contributed by atoms with Crippen LogP contribution in [-0.4, -0.2) is 6.54 Å². The van der Waals surface area contributed by atoms with E-state index in [4.69, 9.17) is 5.73 Å². The summed E-state index contributed by atoms with van der Waals surface area (Å²) in [6, 6.07) is 6.56. The van der Waals surface area contributed by atoms with Crippen LogP contribution in [0.4, 0.5) is 8.78 Å². The van der Waals surface area contributed by atoms with Gasteiger partial charge >= 0.3 is 0 Å². The van der Waals surface area contributed by atoms with E-state index in [1.165, 1.54) is 6.07 Å². The van der Waals surface area contributed by atoms with Gasteiger partial charge in [-0.1, -0.05) is 32.0 Å². The lowest BCUT2D eigenvalue weighted by atomic mass is 9.96. The fourth-order valence-electron chi connectivity index (χ4n) is 1.75. The van der Waals surface area contributed by atoms with Crippen LogP contribution in [0.3, 0.4) is 0 Å². The predicted molar refractivity (Wildman–Crippen MR) is 62.5 cm³/mol. The molecule has 1 rings (SSSR count). The minimum atomic E-state index is -2.74. The summed E-state index contributed by atoms with van der Waals surface area (Å²) in [4.78, 5) is 0. The molecule has 0 saturated heterocycles. The SMILES string of the molecule is CC(C)CC(F)(F)c1cccc(CCN)c1. The molecule has 0 aliphatic rings. The molecule has 0 fully saturated rings. The molecule has 0 spiro atoms. The van der Waals surface area contributed by atoms with Gasteiger partial charge in [-0.05, 0) is 30.5 Å².